The van der Waals surface area contributed by atoms with Crippen LogP contribution in [-0.2, 0) is 0 Å². The van der Waals surface area contributed by atoms with E-state index < -0.39 is 6.23 Å². The first kappa shape index (κ1) is 4.80. The average Bonchev–Trinajstić information content (AvgIpc) is 1.87. The molecule has 0 aliphatic carbocycles. The maximum atomic E-state index is 8.64. The van der Waals surface area contributed by atoms with E-state index in [1.54, 1.807) is 0 Å². The molecule has 1 unspecified atom stereocenters. The molecule has 1 saturated heterocycles. The molecule has 1 rings (SSSR count). The predicted octanol–water partition coefficient (Wildman–Crippen LogP) is -1.22. The summed E-state index contributed by atoms with van der Waals surface area (Å²) in [4.78, 5) is 0. The van der Waals surface area contributed by atoms with Crippen LogP contribution in [0, 0.1) is 0 Å². The van der Waals surface area contributed by atoms with Crippen molar-refractivity contribution in [3.05, 3.63) is 0 Å². The molecule has 3 nitrogen and oxygen atoms in total. The summed E-state index contributed by atoms with van der Waals surface area (Å²) in [5.74, 6) is 0. The third-order valence-corrected chi connectivity index (χ3v) is 1.02. The molecule has 0 saturated carbocycles. The lowest BCUT2D eigenvalue weighted by Gasteiger charge is -1.94. The van der Waals surface area contributed by atoms with E-state index in [0.717, 1.165) is 0 Å². The quantitative estimate of drug-likeness (QED) is 0.349. The minimum Gasteiger partial charge on any atom is -0.372 e. The van der Waals surface area contributed by atoms with E-state index in [1.165, 1.54) is 0 Å². The van der Waals surface area contributed by atoms with Crippen LogP contribution in [-0.4, -0.2) is 23.0 Å². The van der Waals surface area contributed by atoms with Crippen LogP contribution < -0.4 is 10.6 Å². The van der Waals surface area contributed by atoms with Crippen molar-refractivity contribution in [2.24, 2.45) is 0 Å². The fraction of sp³-hybridized carbons (Fsp3) is 0.667. The second kappa shape index (κ2) is 1.63. The fourth-order valence-corrected chi connectivity index (χ4v) is 0.662. The molecule has 1 heterocycles. The number of thiocarbonyl (C=S) groups is 1. The van der Waals surface area contributed by atoms with Gasteiger partial charge in [-0.3, -0.25) is 0 Å². The highest BCUT2D eigenvalue weighted by Gasteiger charge is 2.11. The Kier molecular flexibility index (Phi) is 1.12. The number of β-amino-alcohol motifs (C(OH)–C–C–N with tert-alkyl or cyclic N) is 1. The number of rotatable bonds is 0. The Balaban J connectivity index is 2.40. The van der Waals surface area contributed by atoms with E-state index in [2.05, 4.69) is 22.9 Å². The van der Waals surface area contributed by atoms with Gasteiger partial charge in [-0.15, -0.1) is 0 Å². The van der Waals surface area contributed by atoms with Crippen molar-refractivity contribution in [2.75, 3.05) is 6.54 Å². The Morgan fingerprint density at radius 2 is 2.57 bits per heavy atom. The molecule has 0 aromatic rings. The Morgan fingerprint density at radius 3 is 2.71 bits per heavy atom. The van der Waals surface area contributed by atoms with E-state index in [1.807, 2.05) is 0 Å². The van der Waals surface area contributed by atoms with Crippen LogP contribution in [0.25, 0.3) is 0 Å². The zero-order chi connectivity index (χ0) is 5.28. The van der Waals surface area contributed by atoms with Gasteiger partial charge in [0.05, 0.1) is 6.54 Å². The molecule has 0 aromatic heterocycles. The fourth-order valence-electron chi connectivity index (χ4n) is 0.443. The lowest BCUT2D eigenvalue weighted by atomic mass is 10.6. The number of hydrogen-bond acceptors (Lipinski definition) is 2. The monoisotopic (exact) mass is 118 g/mol. The number of nitrogens with one attached hydrogen (secondary N) is 2. The van der Waals surface area contributed by atoms with Gasteiger partial charge in [-0.05, 0) is 12.2 Å². The minimum atomic E-state index is -0.479. The molecular weight excluding hydrogens is 112 g/mol. The van der Waals surface area contributed by atoms with Gasteiger partial charge in [-0.2, -0.15) is 0 Å². The van der Waals surface area contributed by atoms with Crippen molar-refractivity contribution in [3.8, 4) is 0 Å². The van der Waals surface area contributed by atoms with E-state index in [9.17, 15) is 0 Å². The second-order valence-corrected chi connectivity index (χ2v) is 1.78. The molecule has 1 atom stereocenters. The van der Waals surface area contributed by atoms with E-state index in [4.69, 9.17) is 5.11 Å². The Bertz CT molecular complexity index is 94.9. The van der Waals surface area contributed by atoms with Gasteiger partial charge in [0, 0.05) is 0 Å². The van der Waals surface area contributed by atoms with Crippen molar-refractivity contribution >= 4 is 17.3 Å². The molecule has 0 amide bonds. The van der Waals surface area contributed by atoms with Crippen LogP contribution in [0.15, 0.2) is 0 Å². The molecule has 1 aliphatic rings. The van der Waals surface area contributed by atoms with E-state index in [-0.39, 0.29) is 0 Å². The zero-order valence-corrected chi connectivity index (χ0v) is 4.46. The summed E-state index contributed by atoms with van der Waals surface area (Å²) in [7, 11) is 0. The summed E-state index contributed by atoms with van der Waals surface area (Å²) in [5, 5.41) is 14.5. The molecule has 0 bridgehead atoms. The SMILES string of the molecule is OC1CNC(=S)N1. The normalized spacial score (nSPS) is 29.3. The van der Waals surface area contributed by atoms with Gasteiger partial charge in [0.2, 0.25) is 0 Å². The maximum Gasteiger partial charge on any atom is 0.168 e. The Labute approximate surface area is 46.7 Å². The van der Waals surface area contributed by atoms with Crippen molar-refractivity contribution in [2.45, 2.75) is 6.23 Å². The highest BCUT2D eigenvalue weighted by molar-refractivity contribution is 7.80. The largest absolute Gasteiger partial charge is 0.372 e. The maximum absolute atomic E-state index is 8.64. The number of hydrogen-bond donors (Lipinski definition) is 3. The third-order valence-electron chi connectivity index (χ3n) is 0.754. The summed E-state index contributed by atoms with van der Waals surface area (Å²) in [6.07, 6.45) is -0.479. The third kappa shape index (κ3) is 1.01. The molecule has 0 aromatic carbocycles. The molecule has 0 spiro atoms. The molecule has 40 valence electrons. The lowest BCUT2D eigenvalue weighted by molar-refractivity contribution is 0.179. The second-order valence-electron chi connectivity index (χ2n) is 1.37. The number of aliphatic hydroxyl groups is 1. The smallest absolute Gasteiger partial charge is 0.168 e. The van der Waals surface area contributed by atoms with Crippen molar-refractivity contribution in [1.29, 1.82) is 0 Å². The summed E-state index contributed by atoms with van der Waals surface area (Å²) in [5.41, 5.74) is 0. The summed E-state index contributed by atoms with van der Waals surface area (Å²) in [6.45, 7) is 0.527. The molecular formula is C3H6N2OS. The Hall–Kier alpha value is -0.350. The van der Waals surface area contributed by atoms with Gasteiger partial charge >= 0.3 is 0 Å². The van der Waals surface area contributed by atoms with Crippen LogP contribution in [0.3, 0.4) is 0 Å². The Morgan fingerprint density at radius 1 is 1.86 bits per heavy atom. The predicted molar refractivity (Wildman–Crippen MR) is 29.7 cm³/mol. The van der Waals surface area contributed by atoms with Crippen molar-refractivity contribution in [1.82, 2.24) is 10.6 Å². The summed E-state index contributed by atoms with van der Waals surface area (Å²) in [6, 6.07) is 0. The molecule has 4 heteroatoms. The zero-order valence-electron chi connectivity index (χ0n) is 3.64. The average molecular weight is 118 g/mol. The van der Waals surface area contributed by atoms with Gasteiger partial charge < -0.3 is 15.7 Å². The summed E-state index contributed by atoms with van der Waals surface area (Å²) >= 11 is 4.61. The van der Waals surface area contributed by atoms with E-state index >= 15 is 0 Å². The number of aliphatic hydroxyl groups excluding tert-OH is 1. The highest BCUT2D eigenvalue weighted by Crippen LogP contribution is 1.82. The molecule has 1 fully saturated rings. The topological polar surface area (TPSA) is 44.3 Å². The summed E-state index contributed by atoms with van der Waals surface area (Å²) < 4.78 is 0. The molecule has 3 N–H and O–H groups in total. The molecule has 0 radical (unpaired) electrons. The van der Waals surface area contributed by atoms with Crippen LogP contribution in [0.5, 0.6) is 0 Å². The van der Waals surface area contributed by atoms with Crippen LogP contribution in [0.4, 0.5) is 0 Å². The van der Waals surface area contributed by atoms with E-state index in [0.29, 0.717) is 11.7 Å². The highest BCUT2D eigenvalue weighted by atomic mass is 32.1. The first-order valence-electron chi connectivity index (χ1n) is 2.01. The first-order valence-corrected chi connectivity index (χ1v) is 2.42. The van der Waals surface area contributed by atoms with Gasteiger partial charge in [-0.25, -0.2) is 0 Å². The van der Waals surface area contributed by atoms with Crippen LogP contribution in [0.1, 0.15) is 0 Å². The van der Waals surface area contributed by atoms with Gasteiger partial charge in [0.25, 0.3) is 0 Å². The van der Waals surface area contributed by atoms with Gasteiger partial charge in [-0.1, -0.05) is 0 Å². The standard InChI is InChI=1S/C3H6N2OS/c6-2-1-4-3(7)5-2/h2,6H,1H2,(H2,4,5,7). The minimum absolute atomic E-state index is 0.479. The molecule has 1 aliphatic heterocycles. The van der Waals surface area contributed by atoms with Crippen LogP contribution >= 0.6 is 12.2 Å². The molecule has 7 heavy (non-hydrogen) atoms. The van der Waals surface area contributed by atoms with Crippen molar-refractivity contribution in [3.63, 3.8) is 0 Å². The van der Waals surface area contributed by atoms with Gasteiger partial charge in [0.1, 0.15) is 6.23 Å². The van der Waals surface area contributed by atoms with Gasteiger partial charge in [0.15, 0.2) is 5.11 Å². The van der Waals surface area contributed by atoms with Crippen molar-refractivity contribution < 1.29 is 5.11 Å². The first-order chi connectivity index (χ1) is 3.29. The van der Waals surface area contributed by atoms with Crippen LogP contribution in [0.2, 0.25) is 0 Å². The lowest BCUT2D eigenvalue weighted by Crippen LogP contribution is -2.25.